The third kappa shape index (κ3) is 3.73. The predicted octanol–water partition coefficient (Wildman–Crippen LogP) is 4.84. The molecule has 0 heterocycles. The highest BCUT2D eigenvalue weighted by Gasteiger charge is 2.27. The molecule has 104 valence electrons. The summed E-state index contributed by atoms with van der Waals surface area (Å²) in [7, 11) is 0. The third-order valence-corrected chi connectivity index (χ3v) is 4.86. The fraction of sp³-hybridized carbons (Fsp3) is 0.500. The minimum atomic E-state index is 0.0701. The summed E-state index contributed by atoms with van der Waals surface area (Å²) in [6.07, 6.45) is 4.59. The van der Waals surface area contributed by atoms with Gasteiger partial charge in [0.25, 0.3) is 5.91 Å². The lowest BCUT2D eigenvalue weighted by molar-refractivity contribution is 0.0694. The minimum absolute atomic E-state index is 0.0701. The molecule has 1 aliphatic rings. The standard InChI is InChI=1S/C14H16Br2ClNO/c15-10-5-6-13(16)12(9-10)14(19)18(8-7-17)11-3-1-2-4-11/h5-6,9,11H,1-4,7-8H2. The molecule has 0 radical (unpaired) electrons. The van der Waals surface area contributed by atoms with Crippen molar-refractivity contribution in [2.45, 2.75) is 31.7 Å². The summed E-state index contributed by atoms with van der Waals surface area (Å²) < 4.78 is 1.74. The van der Waals surface area contributed by atoms with Gasteiger partial charge in [-0.25, -0.2) is 0 Å². The maximum absolute atomic E-state index is 12.7. The summed E-state index contributed by atoms with van der Waals surface area (Å²) in [5.41, 5.74) is 0.700. The Balaban J connectivity index is 2.25. The quantitative estimate of drug-likeness (QED) is 0.652. The summed E-state index contributed by atoms with van der Waals surface area (Å²) in [5, 5.41) is 0. The first-order chi connectivity index (χ1) is 9.13. The summed E-state index contributed by atoms with van der Waals surface area (Å²) in [6, 6.07) is 6.02. The largest absolute Gasteiger partial charge is 0.334 e. The number of amides is 1. The Hall–Kier alpha value is -0.0600. The molecule has 0 spiro atoms. The highest BCUT2D eigenvalue weighted by atomic mass is 79.9. The molecule has 0 N–H and O–H groups in total. The van der Waals surface area contributed by atoms with Crippen LogP contribution in [-0.2, 0) is 0 Å². The number of halogens is 3. The van der Waals surface area contributed by atoms with Crippen LogP contribution in [-0.4, -0.2) is 29.3 Å². The van der Waals surface area contributed by atoms with E-state index in [4.69, 9.17) is 11.6 Å². The molecule has 0 aliphatic heterocycles. The predicted molar refractivity (Wildman–Crippen MR) is 85.9 cm³/mol. The molecule has 0 atom stereocenters. The summed E-state index contributed by atoms with van der Waals surface area (Å²) >= 11 is 12.7. The average molecular weight is 410 g/mol. The van der Waals surface area contributed by atoms with E-state index in [-0.39, 0.29) is 5.91 Å². The van der Waals surface area contributed by atoms with Gasteiger partial charge in [-0.3, -0.25) is 4.79 Å². The lowest BCUT2D eigenvalue weighted by atomic mass is 10.1. The number of nitrogens with zero attached hydrogens (tertiary/aromatic N) is 1. The number of hydrogen-bond donors (Lipinski definition) is 0. The first kappa shape index (κ1) is 15.3. The van der Waals surface area contributed by atoms with Crippen LogP contribution >= 0.6 is 43.5 Å². The highest BCUT2D eigenvalue weighted by molar-refractivity contribution is 9.11. The highest BCUT2D eigenvalue weighted by Crippen LogP contribution is 2.28. The second-order valence-electron chi connectivity index (χ2n) is 4.75. The van der Waals surface area contributed by atoms with Crippen LogP contribution in [0.3, 0.4) is 0 Å². The number of alkyl halides is 1. The number of carbonyl (C=O) groups is 1. The molecular formula is C14H16Br2ClNO. The average Bonchev–Trinajstić information content (AvgIpc) is 2.92. The molecule has 1 aromatic carbocycles. The summed E-state index contributed by atoms with van der Waals surface area (Å²) in [6.45, 7) is 0.615. The van der Waals surface area contributed by atoms with Gasteiger partial charge in [-0.05, 0) is 47.0 Å². The van der Waals surface area contributed by atoms with E-state index in [0.29, 0.717) is 24.0 Å². The second-order valence-corrected chi connectivity index (χ2v) is 6.90. The zero-order valence-corrected chi connectivity index (χ0v) is 14.5. The normalized spacial score (nSPS) is 15.7. The van der Waals surface area contributed by atoms with Crippen LogP contribution in [0.25, 0.3) is 0 Å². The molecule has 1 amide bonds. The van der Waals surface area contributed by atoms with E-state index in [2.05, 4.69) is 31.9 Å². The number of benzene rings is 1. The molecule has 0 saturated heterocycles. The Morgan fingerprint density at radius 2 is 2.00 bits per heavy atom. The Bertz CT molecular complexity index is 461. The molecule has 2 rings (SSSR count). The van der Waals surface area contributed by atoms with Crippen LogP contribution in [0, 0.1) is 0 Å². The van der Waals surface area contributed by atoms with Crippen molar-refractivity contribution in [3.8, 4) is 0 Å². The van der Waals surface area contributed by atoms with Crippen molar-refractivity contribution in [2.75, 3.05) is 12.4 Å². The molecule has 1 saturated carbocycles. The van der Waals surface area contributed by atoms with Crippen molar-refractivity contribution >= 4 is 49.4 Å². The van der Waals surface area contributed by atoms with Gasteiger partial charge in [0.1, 0.15) is 0 Å². The van der Waals surface area contributed by atoms with Gasteiger partial charge >= 0.3 is 0 Å². The molecule has 1 aromatic rings. The topological polar surface area (TPSA) is 20.3 Å². The summed E-state index contributed by atoms with van der Waals surface area (Å²) in [5.74, 6) is 0.550. The van der Waals surface area contributed by atoms with Crippen LogP contribution in [0.4, 0.5) is 0 Å². The second kappa shape index (κ2) is 7.09. The lowest BCUT2D eigenvalue weighted by Crippen LogP contribution is -2.40. The van der Waals surface area contributed by atoms with Gasteiger partial charge in [-0.2, -0.15) is 0 Å². The molecule has 0 unspecified atom stereocenters. The van der Waals surface area contributed by atoms with Crippen molar-refractivity contribution in [1.29, 1.82) is 0 Å². The lowest BCUT2D eigenvalue weighted by Gasteiger charge is -2.28. The number of hydrogen-bond acceptors (Lipinski definition) is 1. The molecule has 1 fully saturated rings. The van der Waals surface area contributed by atoms with E-state index in [1.165, 1.54) is 12.8 Å². The van der Waals surface area contributed by atoms with E-state index < -0.39 is 0 Å². The van der Waals surface area contributed by atoms with Crippen LogP contribution < -0.4 is 0 Å². The van der Waals surface area contributed by atoms with E-state index >= 15 is 0 Å². The van der Waals surface area contributed by atoms with Crippen molar-refractivity contribution < 1.29 is 4.79 Å². The zero-order chi connectivity index (χ0) is 13.8. The van der Waals surface area contributed by atoms with Crippen molar-refractivity contribution in [3.63, 3.8) is 0 Å². The molecule has 5 heteroatoms. The SMILES string of the molecule is O=C(c1cc(Br)ccc1Br)N(CCCl)C1CCCC1. The van der Waals surface area contributed by atoms with Gasteiger partial charge in [0.2, 0.25) is 0 Å². The smallest absolute Gasteiger partial charge is 0.255 e. The molecule has 1 aliphatic carbocycles. The van der Waals surface area contributed by atoms with Crippen LogP contribution in [0.5, 0.6) is 0 Å². The first-order valence-corrected chi connectivity index (χ1v) is 8.57. The van der Waals surface area contributed by atoms with Crippen LogP contribution in [0.1, 0.15) is 36.0 Å². The van der Waals surface area contributed by atoms with E-state index in [1.807, 2.05) is 23.1 Å². The van der Waals surface area contributed by atoms with E-state index in [0.717, 1.165) is 21.8 Å². The Morgan fingerprint density at radius 1 is 1.32 bits per heavy atom. The van der Waals surface area contributed by atoms with Gasteiger partial charge in [0.15, 0.2) is 0 Å². The molecule has 2 nitrogen and oxygen atoms in total. The van der Waals surface area contributed by atoms with Crippen molar-refractivity contribution in [2.24, 2.45) is 0 Å². The first-order valence-electron chi connectivity index (χ1n) is 6.45. The molecule has 19 heavy (non-hydrogen) atoms. The fourth-order valence-electron chi connectivity index (χ4n) is 2.57. The Morgan fingerprint density at radius 3 is 2.63 bits per heavy atom. The van der Waals surface area contributed by atoms with Gasteiger partial charge in [-0.15, -0.1) is 11.6 Å². The molecular weight excluding hydrogens is 393 g/mol. The maximum atomic E-state index is 12.7. The van der Waals surface area contributed by atoms with E-state index in [9.17, 15) is 4.79 Å². The van der Waals surface area contributed by atoms with Crippen molar-refractivity contribution in [1.82, 2.24) is 4.90 Å². The zero-order valence-electron chi connectivity index (χ0n) is 10.5. The molecule has 0 aromatic heterocycles. The van der Waals surface area contributed by atoms with Gasteiger partial charge in [0.05, 0.1) is 5.56 Å². The van der Waals surface area contributed by atoms with E-state index in [1.54, 1.807) is 0 Å². The van der Waals surface area contributed by atoms with Gasteiger partial charge in [0, 0.05) is 27.4 Å². The third-order valence-electron chi connectivity index (χ3n) is 3.51. The molecule has 0 bridgehead atoms. The van der Waals surface area contributed by atoms with Crippen LogP contribution in [0.15, 0.2) is 27.1 Å². The van der Waals surface area contributed by atoms with Crippen LogP contribution in [0.2, 0.25) is 0 Å². The van der Waals surface area contributed by atoms with Crippen molar-refractivity contribution in [3.05, 3.63) is 32.7 Å². The Kier molecular flexibility index (Phi) is 5.72. The number of rotatable bonds is 4. The number of carbonyl (C=O) groups excluding carboxylic acids is 1. The van der Waals surface area contributed by atoms with Gasteiger partial charge < -0.3 is 4.90 Å². The fourth-order valence-corrected chi connectivity index (χ4v) is 3.53. The van der Waals surface area contributed by atoms with Gasteiger partial charge in [-0.1, -0.05) is 28.8 Å². The maximum Gasteiger partial charge on any atom is 0.255 e. The Labute approximate surface area is 135 Å². The summed E-state index contributed by atoms with van der Waals surface area (Å²) in [4.78, 5) is 14.6. The minimum Gasteiger partial charge on any atom is -0.334 e. The monoisotopic (exact) mass is 407 g/mol.